The number of rotatable bonds is 5. The van der Waals surface area contributed by atoms with E-state index in [-0.39, 0.29) is 11.8 Å². The van der Waals surface area contributed by atoms with Gasteiger partial charge in [-0.2, -0.15) is 0 Å². The summed E-state index contributed by atoms with van der Waals surface area (Å²) >= 11 is 0. The number of para-hydroxylation sites is 2. The fraction of sp³-hybridized carbons (Fsp3) is 0.130. The third-order valence-electron chi connectivity index (χ3n) is 4.66. The molecule has 4 rings (SSSR count). The predicted molar refractivity (Wildman–Crippen MR) is 104 cm³/mol. The summed E-state index contributed by atoms with van der Waals surface area (Å²) in [6.07, 6.45) is 0. The van der Waals surface area contributed by atoms with Gasteiger partial charge in [0.05, 0.1) is 6.04 Å². The van der Waals surface area contributed by atoms with Crippen molar-refractivity contribution < 1.29 is 9.52 Å². The lowest BCUT2D eigenvalue weighted by Gasteiger charge is -2.27. The number of phenolic OH excluding ortho intramolecular Hbond substituents is 1. The van der Waals surface area contributed by atoms with Crippen LogP contribution in [-0.4, -0.2) is 17.1 Å². The minimum absolute atomic E-state index is 0.177. The molecule has 1 aromatic heterocycles. The first-order chi connectivity index (χ1) is 12.7. The van der Waals surface area contributed by atoms with Crippen molar-refractivity contribution in [2.24, 2.45) is 0 Å². The topological polar surface area (TPSA) is 36.6 Å². The summed E-state index contributed by atoms with van der Waals surface area (Å²) in [6.45, 7) is 0.747. The Labute approximate surface area is 153 Å². The van der Waals surface area contributed by atoms with Gasteiger partial charge in [0.2, 0.25) is 0 Å². The molecule has 1 unspecified atom stereocenters. The third-order valence-corrected chi connectivity index (χ3v) is 4.66. The van der Waals surface area contributed by atoms with Crippen LogP contribution < -0.4 is 0 Å². The normalized spacial score (nSPS) is 12.5. The number of phenols is 1. The lowest BCUT2D eigenvalue weighted by Crippen LogP contribution is -2.25. The molecule has 0 spiro atoms. The number of hydrogen-bond acceptors (Lipinski definition) is 3. The van der Waals surface area contributed by atoms with E-state index in [1.165, 1.54) is 5.56 Å². The number of aromatic hydroxyl groups is 1. The van der Waals surface area contributed by atoms with Crippen molar-refractivity contribution in [3.05, 3.63) is 102 Å². The van der Waals surface area contributed by atoms with Gasteiger partial charge in [-0.05, 0) is 30.8 Å². The summed E-state index contributed by atoms with van der Waals surface area (Å²) in [6, 6.07) is 27.7. The molecular formula is C23H21NO2. The molecule has 0 amide bonds. The number of benzene rings is 3. The summed E-state index contributed by atoms with van der Waals surface area (Å²) in [4.78, 5) is 2.20. The molecule has 0 aliphatic heterocycles. The van der Waals surface area contributed by atoms with Crippen molar-refractivity contribution in [2.45, 2.75) is 12.6 Å². The van der Waals surface area contributed by atoms with Gasteiger partial charge < -0.3 is 9.52 Å². The highest BCUT2D eigenvalue weighted by Gasteiger charge is 2.25. The van der Waals surface area contributed by atoms with Crippen LogP contribution in [0.5, 0.6) is 5.75 Å². The van der Waals surface area contributed by atoms with Gasteiger partial charge in [0.25, 0.3) is 0 Å². The van der Waals surface area contributed by atoms with Crippen molar-refractivity contribution in [1.82, 2.24) is 4.90 Å². The maximum Gasteiger partial charge on any atom is 0.134 e. The van der Waals surface area contributed by atoms with E-state index >= 15 is 0 Å². The van der Waals surface area contributed by atoms with Crippen LogP contribution in [0.2, 0.25) is 0 Å². The van der Waals surface area contributed by atoms with Crippen molar-refractivity contribution in [2.75, 3.05) is 7.05 Å². The van der Waals surface area contributed by atoms with E-state index in [1.807, 2.05) is 60.7 Å². The Morgan fingerprint density at radius 1 is 0.885 bits per heavy atom. The highest BCUT2D eigenvalue weighted by atomic mass is 16.3. The molecule has 4 aromatic rings. The first kappa shape index (κ1) is 16.4. The highest BCUT2D eigenvalue weighted by Crippen LogP contribution is 2.36. The van der Waals surface area contributed by atoms with Gasteiger partial charge in [0, 0.05) is 17.5 Å². The molecule has 0 bridgehead atoms. The van der Waals surface area contributed by atoms with E-state index in [4.69, 9.17) is 4.42 Å². The van der Waals surface area contributed by atoms with Crippen molar-refractivity contribution in [3.63, 3.8) is 0 Å². The van der Waals surface area contributed by atoms with E-state index in [9.17, 15) is 5.11 Å². The van der Waals surface area contributed by atoms with Crippen molar-refractivity contribution in [3.8, 4) is 5.75 Å². The third kappa shape index (κ3) is 3.22. The van der Waals surface area contributed by atoms with Gasteiger partial charge in [-0.15, -0.1) is 0 Å². The zero-order chi connectivity index (χ0) is 17.9. The van der Waals surface area contributed by atoms with Crippen molar-refractivity contribution in [1.29, 1.82) is 0 Å². The van der Waals surface area contributed by atoms with Gasteiger partial charge in [-0.25, -0.2) is 0 Å². The van der Waals surface area contributed by atoms with Crippen LogP contribution in [0, 0.1) is 0 Å². The Kier molecular flexibility index (Phi) is 4.46. The van der Waals surface area contributed by atoms with E-state index < -0.39 is 0 Å². The predicted octanol–water partition coefficient (Wildman–Crippen LogP) is 5.36. The molecular weight excluding hydrogens is 322 g/mol. The van der Waals surface area contributed by atoms with Crippen LogP contribution >= 0.6 is 0 Å². The van der Waals surface area contributed by atoms with Crippen LogP contribution in [0.4, 0.5) is 0 Å². The van der Waals surface area contributed by atoms with Crippen LogP contribution in [0.25, 0.3) is 11.0 Å². The molecule has 3 heteroatoms. The summed E-state index contributed by atoms with van der Waals surface area (Å²) in [5.41, 5.74) is 2.91. The maximum absolute atomic E-state index is 10.5. The summed E-state index contributed by atoms with van der Waals surface area (Å²) < 4.78 is 6.15. The minimum atomic E-state index is -0.177. The molecule has 26 heavy (non-hydrogen) atoms. The maximum atomic E-state index is 10.5. The second kappa shape index (κ2) is 7.06. The average Bonchev–Trinajstić information content (AvgIpc) is 3.08. The number of hydrogen-bond donors (Lipinski definition) is 1. The van der Waals surface area contributed by atoms with Crippen LogP contribution in [0.1, 0.15) is 22.9 Å². The number of nitrogens with zero attached hydrogens (tertiary/aromatic N) is 1. The van der Waals surface area contributed by atoms with Gasteiger partial charge in [-0.3, -0.25) is 4.90 Å². The lowest BCUT2D eigenvalue weighted by molar-refractivity contribution is 0.239. The van der Waals surface area contributed by atoms with Gasteiger partial charge in [0.15, 0.2) is 0 Å². The fourth-order valence-corrected chi connectivity index (χ4v) is 3.43. The summed E-state index contributed by atoms with van der Waals surface area (Å²) in [7, 11) is 2.05. The first-order valence-electron chi connectivity index (χ1n) is 8.73. The molecule has 0 saturated heterocycles. The van der Waals surface area contributed by atoms with E-state index in [2.05, 4.69) is 30.1 Å². The SMILES string of the molecule is CN(Cc1ccccc1)C(c1cc2ccccc2o1)c1ccccc1O. The van der Waals surface area contributed by atoms with Crippen LogP contribution in [-0.2, 0) is 6.54 Å². The molecule has 0 fully saturated rings. The average molecular weight is 343 g/mol. The second-order valence-electron chi connectivity index (χ2n) is 6.55. The fourth-order valence-electron chi connectivity index (χ4n) is 3.43. The molecule has 1 heterocycles. The van der Waals surface area contributed by atoms with Crippen molar-refractivity contribution >= 4 is 11.0 Å². The standard InChI is InChI=1S/C23H21NO2/c1-24(16-17-9-3-2-4-10-17)23(19-12-6-7-13-20(19)25)22-15-18-11-5-8-14-21(18)26-22/h2-15,23,25H,16H2,1H3. The van der Waals surface area contributed by atoms with E-state index in [1.54, 1.807) is 6.07 Å². The first-order valence-corrected chi connectivity index (χ1v) is 8.73. The zero-order valence-corrected chi connectivity index (χ0v) is 14.7. The quantitative estimate of drug-likeness (QED) is 0.530. The lowest BCUT2D eigenvalue weighted by atomic mass is 10.0. The number of furan rings is 1. The molecule has 3 nitrogen and oxygen atoms in total. The second-order valence-corrected chi connectivity index (χ2v) is 6.55. The summed E-state index contributed by atoms with van der Waals surface area (Å²) in [5, 5.41) is 11.5. The smallest absolute Gasteiger partial charge is 0.134 e. The molecule has 130 valence electrons. The van der Waals surface area contributed by atoms with E-state index in [0.29, 0.717) is 0 Å². The van der Waals surface area contributed by atoms with Gasteiger partial charge in [0.1, 0.15) is 17.1 Å². The minimum Gasteiger partial charge on any atom is -0.508 e. The van der Waals surface area contributed by atoms with Gasteiger partial charge >= 0.3 is 0 Å². The molecule has 1 atom stereocenters. The molecule has 0 saturated carbocycles. The van der Waals surface area contributed by atoms with Crippen LogP contribution in [0.3, 0.4) is 0 Å². The highest BCUT2D eigenvalue weighted by molar-refractivity contribution is 5.78. The Morgan fingerprint density at radius 2 is 1.58 bits per heavy atom. The van der Waals surface area contributed by atoms with E-state index in [0.717, 1.165) is 28.8 Å². The Hall–Kier alpha value is -3.04. The largest absolute Gasteiger partial charge is 0.508 e. The summed E-state index contributed by atoms with van der Waals surface area (Å²) in [5.74, 6) is 1.10. The molecule has 0 aliphatic carbocycles. The molecule has 0 radical (unpaired) electrons. The Balaban J connectivity index is 1.77. The van der Waals surface area contributed by atoms with Gasteiger partial charge in [-0.1, -0.05) is 66.7 Å². The Bertz CT molecular complexity index is 974. The molecule has 0 aliphatic rings. The molecule has 1 N–H and O–H groups in total. The number of fused-ring (bicyclic) bond motifs is 1. The Morgan fingerprint density at radius 3 is 2.35 bits per heavy atom. The van der Waals surface area contributed by atoms with Crippen LogP contribution in [0.15, 0.2) is 89.3 Å². The zero-order valence-electron chi connectivity index (χ0n) is 14.7. The molecule has 3 aromatic carbocycles. The monoisotopic (exact) mass is 343 g/mol.